The molecule has 0 aliphatic carbocycles. The molecule has 2 N–H and O–H groups in total. The van der Waals surface area contributed by atoms with Crippen LogP contribution in [0.2, 0.25) is 0 Å². The van der Waals surface area contributed by atoms with Crippen molar-refractivity contribution < 1.29 is 14.3 Å². The molecule has 114 valence electrons. The molecular weight excluding hydrogens is 280 g/mol. The van der Waals surface area contributed by atoms with Crippen molar-refractivity contribution in [3.63, 3.8) is 0 Å². The Labute approximate surface area is 129 Å². The number of nitrogens with one attached hydrogen (secondary N) is 2. The number of amides is 2. The van der Waals surface area contributed by atoms with Gasteiger partial charge >= 0.3 is 0 Å². The molecule has 0 heterocycles. The van der Waals surface area contributed by atoms with Crippen LogP contribution in [-0.4, -0.2) is 18.4 Å². The van der Waals surface area contributed by atoms with Gasteiger partial charge in [-0.25, -0.2) is 0 Å². The van der Waals surface area contributed by atoms with Crippen LogP contribution >= 0.6 is 0 Å². The average molecular weight is 298 g/mol. The molecule has 0 radical (unpaired) electrons. The van der Waals surface area contributed by atoms with E-state index in [1.54, 1.807) is 48.5 Å². The highest BCUT2D eigenvalue weighted by molar-refractivity contribution is 6.04. The van der Waals surface area contributed by atoms with Crippen LogP contribution in [0.3, 0.4) is 0 Å². The van der Waals surface area contributed by atoms with E-state index in [2.05, 4.69) is 10.6 Å². The van der Waals surface area contributed by atoms with Crippen molar-refractivity contribution in [1.82, 2.24) is 0 Å². The largest absolute Gasteiger partial charge is 0.494 e. The average Bonchev–Trinajstić information content (AvgIpc) is 2.48. The lowest BCUT2D eigenvalue weighted by Gasteiger charge is -2.08. The zero-order chi connectivity index (χ0) is 15.9. The van der Waals surface area contributed by atoms with Gasteiger partial charge in [0.05, 0.1) is 6.61 Å². The van der Waals surface area contributed by atoms with Crippen molar-refractivity contribution in [1.29, 1.82) is 0 Å². The third-order valence-corrected chi connectivity index (χ3v) is 2.87. The van der Waals surface area contributed by atoms with E-state index in [0.717, 1.165) is 5.75 Å². The summed E-state index contributed by atoms with van der Waals surface area (Å²) in [6, 6.07) is 13.9. The summed E-state index contributed by atoms with van der Waals surface area (Å²) in [7, 11) is 0. The molecule has 0 aromatic heterocycles. The van der Waals surface area contributed by atoms with Crippen molar-refractivity contribution in [3.8, 4) is 5.75 Å². The molecule has 0 fully saturated rings. The van der Waals surface area contributed by atoms with Gasteiger partial charge in [0.25, 0.3) is 5.91 Å². The Bertz CT molecular complexity index is 666. The first-order valence-corrected chi connectivity index (χ1v) is 7.00. The van der Waals surface area contributed by atoms with Crippen LogP contribution in [-0.2, 0) is 4.79 Å². The number of hydrogen-bond acceptors (Lipinski definition) is 3. The fraction of sp³-hybridized carbons (Fsp3) is 0.176. The van der Waals surface area contributed by atoms with Gasteiger partial charge in [-0.15, -0.1) is 0 Å². The van der Waals surface area contributed by atoms with Gasteiger partial charge in [0, 0.05) is 23.9 Å². The first-order chi connectivity index (χ1) is 10.6. The summed E-state index contributed by atoms with van der Waals surface area (Å²) >= 11 is 0. The number of anilines is 2. The Morgan fingerprint density at radius 3 is 2.23 bits per heavy atom. The zero-order valence-electron chi connectivity index (χ0n) is 12.6. The Morgan fingerprint density at radius 2 is 1.64 bits per heavy atom. The quantitative estimate of drug-likeness (QED) is 0.890. The van der Waals surface area contributed by atoms with Gasteiger partial charge in [0.1, 0.15) is 5.75 Å². The standard InChI is InChI=1S/C17H18N2O3/c1-3-22-16-9-7-13(8-10-16)17(21)19-15-6-4-5-14(11-15)18-12(2)20/h4-11H,3H2,1-2H3,(H,18,20)(H,19,21). The van der Waals surface area contributed by atoms with Gasteiger partial charge in [0.2, 0.25) is 5.91 Å². The molecule has 0 unspecified atom stereocenters. The molecule has 22 heavy (non-hydrogen) atoms. The van der Waals surface area contributed by atoms with E-state index in [9.17, 15) is 9.59 Å². The van der Waals surface area contributed by atoms with Gasteiger partial charge in [0.15, 0.2) is 0 Å². The lowest BCUT2D eigenvalue weighted by atomic mass is 10.2. The molecule has 0 aliphatic rings. The topological polar surface area (TPSA) is 67.4 Å². The van der Waals surface area contributed by atoms with Crippen molar-refractivity contribution >= 4 is 23.2 Å². The molecule has 2 rings (SSSR count). The highest BCUT2D eigenvalue weighted by Gasteiger charge is 2.07. The smallest absolute Gasteiger partial charge is 0.255 e. The Hall–Kier alpha value is -2.82. The summed E-state index contributed by atoms with van der Waals surface area (Å²) in [6.45, 7) is 3.93. The van der Waals surface area contributed by atoms with E-state index >= 15 is 0 Å². The minimum Gasteiger partial charge on any atom is -0.494 e. The molecule has 0 saturated carbocycles. The third kappa shape index (κ3) is 4.34. The summed E-state index contributed by atoms with van der Waals surface area (Å²) in [4.78, 5) is 23.2. The molecule has 0 bridgehead atoms. The molecule has 5 nitrogen and oxygen atoms in total. The van der Waals surface area contributed by atoms with Crippen LogP contribution in [0.15, 0.2) is 48.5 Å². The first-order valence-electron chi connectivity index (χ1n) is 7.00. The summed E-state index contributed by atoms with van der Waals surface area (Å²) in [5, 5.41) is 5.47. The minimum absolute atomic E-state index is 0.157. The van der Waals surface area contributed by atoms with Crippen LogP contribution in [0.4, 0.5) is 11.4 Å². The third-order valence-electron chi connectivity index (χ3n) is 2.87. The number of benzene rings is 2. The summed E-state index contributed by atoms with van der Waals surface area (Å²) in [5.41, 5.74) is 1.79. The van der Waals surface area contributed by atoms with Gasteiger partial charge in [-0.05, 0) is 49.4 Å². The van der Waals surface area contributed by atoms with Crippen molar-refractivity contribution in [2.45, 2.75) is 13.8 Å². The number of carbonyl (C=O) groups is 2. The SMILES string of the molecule is CCOc1ccc(C(=O)Nc2cccc(NC(C)=O)c2)cc1. The highest BCUT2D eigenvalue weighted by Crippen LogP contribution is 2.17. The molecule has 0 spiro atoms. The van der Waals surface area contributed by atoms with E-state index < -0.39 is 0 Å². The van der Waals surface area contributed by atoms with Crippen molar-refractivity contribution in [3.05, 3.63) is 54.1 Å². The lowest BCUT2D eigenvalue weighted by Crippen LogP contribution is -2.12. The second-order valence-corrected chi connectivity index (χ2v) is 4.67. The molecule has 5 heteroatoms. The number of rotatable bonds is 5. The fourth-order valence-corrected chi connectivity index (χ4v) is 1.95. The lowest BCUT2D eigenvalue weighted by molar-refractivity contribution is -0.114. The number of ether oxygens (including phenoxy) is 1. The molecule has 0 saturated heterocycles. The van der Waals surface area contributed by atoms with E-state index in [0.29, 0.717) is 23.5 Å². The van der Waals surface area contributed by atoms with Crippen LogP contribution in [0.5, 0.6) is 5.75 Å². The van der Waals surface area contributed by atoms with E-state index in [-0.39, 0.29) is 11.8 Å². The maximum absolute atomic E-state index is 12.2. The van der Waals surface area contributed by atoms with Crippen LogP contribution in [0.1, 0.15) is 24.2 Å². The predicted octanol–water partition coefficient (Wildman–Crippen LogP) is 3.30. The molecule has 0 aliphatic heterocycles. The van der Waals surface area contributed by atoms with E-state index in [1.807, 2.05) is 6.92 Å². The maximum atomic E-state index is 12.2. The zero-order valence-corrected chi connectivity index (χ0v) is 12.6. The number of carbonyl (C=O) groups excluding carboxylic acids is 2. The van der Waals surface area contributed by atoms with Crippen LogP contribution < -0.4 is 15.4 Å². The predicted molar refractivity (Wildman–Crippen MR) is 86.3 cm³/mol. The Kier molecular flexibility index (Phi) is 5.14. The number of hydrogen-bond donors (Lipinski definition) is 2. The van der Waals surface area contributed by atoms with Crippen molar-refractivity contribution in [2.75, 3.05) is 17.2 Å². The fourth-order valence-electron chi connectivity index (χ4n) is 1.95. The van der Waals surface area contributed by atoms with E-state index in [4.69, 9.17) is 4.74 Å². The minimum atomic E-state index is -0.219. The molecule has 2 amide bonds. The Balaban J connectivity index is 2.06. The normalized spacial score (nSPS) is 9.91. The van der Waals surface area contributed by atoms with Crippen LogP contribution in [0, 0.1) is 0 Å². The summed E-state index contributed by atoms with van der Waals surface area (Å²) in [6.07, 6.45) is 0. The highest BCUT2D eigenvalue weighted by atomic mass is 16.5. The van der Waals surface area contributed by atoms with E-state index in [1.165, 1.54) is 6.92 Å². The first kappa shape index (κ1) is 15.6. The molecule has 2 aromatic rings. The van der Waals surface area contributed by atoms with Crippen LogP contribution in [0.25, 0.3) is 0 Å². The molecule has 0 atom stereocenters. The van der Waals surface area contributed by atoms with Gasteiger partial charge in [-0.2, -0.15) is 0 Å². The monoisotopic (exact) mass is 298 g/mol. The van der Waals surface area contributed by atoms with Gasteiger partial charge in [-0.3, -0.25) is 9.59 Å². The van der Waals surface area contributed by atoms with Crippen molar-refractivity contribution in [2.24, 2.45) is 0 Å². The maximum Gasteiger partial charge on any atom is 0.255 e. The summed E-state index contributed by atoms with van der Waals surface area (Å²) < 4.78 is 5.34. The molecular formula is C17H18N2O3. The molecule has 2 aromatic carbocycles. The Morgan fingerprint density at radius 1 is 1.00 bits per heavy atom. The second kappa shape index (κ2) is 7.26. The summed E-state index contributed by atoms with van der Waals surface area (Å²) in [5.74, 6) is 0.352. The second-order valence-electron chi connectivity index (χ2n) is 4.67. The van der Waals surface area contributed by atoms with Gasteiger partial charge in [-0.1, -0.05) is 6.07 Å². The van der Waals surface area contributed by atoms with Gasteiger partial charge < -0.3 is 15.4 Å².